The van der Waals surface area contributed by atoms with E-state index in [0.29, 0.717) is 15.2 Å². The first-order valence-corrected chi connectivity index (χ1v) is 10.9. The Labute approximate surface area is 160 Å². The van der Waals surface area contributed by atoms with Crippen molar-refractivity contribution in [3.63, 3.8) is 0 Å². The Hall–Kier alpha value is 0.170. The molecule has 0 aromatic heterocycles. The first kappa shape index (κ1) is 23.2. The topological polar surface area (TPSA) is 26.3 Å². The zero-order valence-corrected chi connectivity index (χ0v) is 18.1. The monoisotopic (exact) mass is 452 g/mol. The van der Waals surface area contributed by atoms with Crippen molar-refractivity contribution >= 4 is 37.8 Å². The molecule has 2 atom stereocenters. The van der Waals surface area contributed by atoms with Gasteiger partial charge in [0.25, 0.3) is 0 Å². The third-order valence-electron chi connectivity index (χ3n) is 4.16. The molecule has 0 spiro atoms. The molecule has 0 bridgehead atoms. The fraction of sp³-hybridized carbons (Fsp3) is 0.842. The maximum absolute atomic E-state index is 11.2. The summed E-state index contributed by atoms with van der Waals surface area (Å²) in [5.74, 6) is -0.272. The minimum atomic E-state index is -0.272. The molecule has 0 aliphatic carbocycles. The lowest BCUT2D eigenvalue weighted by Gasteiger charge is -2.16. The lowest BCUT2D eigenvalue weighted by Crippen LogP contribution is -2.13. The van der Waals surface area contributed by atoms with Crippen LogP contribution in [-0.2, 0) is 9.53 Å². The van der Waals surface area contributed by atoms with Crippen LogP contribution < -0.4 is 0 Å². The molecule has 0 fully saturated rings. The van der Waals surface area contributed by atoms with E-state index in [1.54, 1.807) is 0 Å². The number of hydrogen-bond acceptors (Lipinski definition) is 2. The number of esters is 1. The molecule has 0 saturated heterocycles. The molecule has 0 aliphatic heterocycles. The molecule has 0 N–H and O–H groups in total. The van der Waals surface area contributed by atoms with E-state index in [9.17, 15) is 4.79 Å². The van der Waals surface area contributed by atoms with Gasteiger partial charge in [0.1, 0.15) is 0 Å². The molecule has 4 heteroatoms. The van der Waals surface area contributed by atoms with Crippen molar-refractivity contribution in [2.24, 2.45) is 0 Å². The highest BCUT2D eigenvalue weighted by Gasteiger charge is 2.14. The second-order valence-electron chi connectivity index (χ2n) is 6.28. The number of carbonyl (C=O) groups excluding carboxylic acids is 1. The van der Waals surface area contributed by atoms with Crippen LogP contribution in [0.3, 0.4) is 0 Å². The molecule has 23 heavy (non-hydrogen) atoms. The van der Waals surface area contributed by atoms with Crippen molar-refractivity contribution in [3.05, 3.63) is 12.2 Å². The highest BCUT2D eigenvalue weighted by atomic mass is 79.9. The van der Waals surface area contributed by atoms with Gasteiger partial charge in [-0.25, -0.2) is 4.79 Å². The summed E-state index contributed by atoms with van der Waals surface area (Å²) in [5.41, 5.74) is 0.592. The van der Waals surface area contributed by atoms with Gasteiger partial charge in [0.15, 0.2) is 0 Å². The maximum atomic E-state index is 11.2. The van der Waals surface area contributed by atoms with E-state index in [-0.39, 0.29) is 5.97 Å². The molecule has 136 valence electrons. The minimum Gasteiger partial charge on any atom is -0.466 e. The average molecular weight is 454 g/mol. The van der Waals surface area contributed by atoms with Crippen molar-refractivity contribution in [2.75, 3.05) is 7.11 Å². The van der Waals surface area contributed by atoms with Gasteiger partial charge >= 0.3 is 5.97 Å². The number of halogens is 2. The normalized spacial score (nSPS) is 13.6. The molecule has 2 unspecified atom stereocenters. The zero-order chi connectivity index (χ0) is 17.5. The Morgan fingerprint density at radius 3 is 1.87 bits per heavy atom. The van der Waals surface area contributed by atoms with Crippen LogP contribution in [-0.4, -0.2) is 22.7 Å². The predicted molar refractivity (Wildman–Crippen MR) is 108 cm³/mol. The number of ether oxygens (including phenoxy) is 1. The van der Waals surface area contributed by atoms with Gasteiger partial charge in [-0.15, -0.1) is 0 Å². The van der Waals surface area contributed by atoms with Crippen molar-refractivity contribution in [1.29, 1.82) is 0 Å². The van der Waals surface area contributed by atoms with Gasteiger partial charge in [0.05, 0.1) is 7.11 Å². The SMILES string of the molecule is C=C(CCCCCCC(Br)C(Br)CCCCCCC)C(=O)OC. The van der Waals surface area contributed by atoms with E-state index < -0.39 is 0 Å². The van der Waals surface area contributed by atoms with E-state index in [0.717, 1.165) is 19.3 Å². The Balaban J connectivity index is 3.53. The first-order chi connectivity index (χ1) is 11.0. The number of unbranched alkanes of at least 4 members (excludes halogenated alkanes) is 7. The number of methoxy groups -OCH3 is 1. The van der Waals surface area contributed by atoms with Crippen LogP contribution in [0.15, 0.2) is 12.2 Å². The summed E-state index contributed by atoms with van der Waals surface area (Å²) < 4.78 is 4.65. The summed E-state index contributed by atoms with van der Waals surface area (Å²) >= 11 is 7.65. The van der Waals surface area contributed by atoms with Gasteiger partial charge in [-0.05, 0) is 25.7 Å². The smallest absolute Gasteiger partial charge is 0.333 e. The third-order valence-corrected chi connectivity index (χ3v) is 7.06. The molecule has 0 aliphatic rings. The zero-order valence-electron chi connectivity index (χ0n) is 14.9. The van der Waals surface area contributed by atoms with Crippen LogP contribution in [0.4, 0.5) is 0 Å². The number of alkyl halides is 2. The molecule has 2 nitrogen and oxygen atoms in total. The van der Waals surface area contributed by atoms with E-state index in [2.05, 4.69) is 50.1 Å². The van der Waals surface area contributed by atoms with E-state index >= 15 is 0 Å². The fourth-order valence-electron chi connectivity index (χ4n) is 2.58. The van der Waals surface area contributed by atoms with Crippen LogP contribution in [0.2, 0.25) is 0 Å². The number of rotatable bonds is 15. The van der Waals surface area contributed by atoms with Gasteiger partial charge in [-0.1, -0.05) is 96.7 Å². The van der Waals surface area contributed by atoms with Crippen LogP contribution in [0, 0.1) is 0 Å². The highest BCUT2D eigenvalue weighted by Crippen LogP contribution is 2.25. The van der Waals surface area contributed by atoms with Gasteiger partial charge in [-0.2, -0.15) is 0 Å². The van der Waals surface area contributed by atoms with E-state index in [1.165, 1.54) is 64.9 Å². The summed E-state index contributed by atoms with van der Waals surface area (Å²) in [6, 6.07) is 0. The molecular formula is C19H34Br2O2. The number of carbonyl (C=O) groups is 1. The third kappa shape index (κ3) is 13.2. The molecule has 0 rings (SSSR count). The van der Waals surface area contributed by atoms with E-state index in [4.69, 9.17) is 0 Å². The van der Waals surface area contributed by atoms with Crippen molar-refractivity contribution in [2.45, 2.75) is 93.6 Å². The minimum absolute atomic E-state index is 0.272. The van der Waals surface area contributed by atoms with Crippen LogP contribution >= 0.6 is 31.9 Å². The Bertz CT molecular complexity index is 318. The lowest BCUT2D eigenvalue weighted by molar-refractivity contribution is -0.136. The van der Waals surface area contributed by atoms with Crippen LogP contribution in [0.25, 0.3) is 0 Å². The summed E-state index contributed by atoms with van der Waals surface area (Å²) in [6.07, 6.45) is 14.6. The quantitative estimate of drug-likeness (QED) is 0.116. The summed E-state index contributed by atoms with van der Waals surface area (Å²) in [4.78, 5) is 12.4. The second kappa shape index (κ2) is 15.7. The van der Waals surface area contributed by atoms with Crippen molar-refractivity contribution in [1.82, 2.24) is 0 Å². The Morgan fingerprint density at radius 2 is 1.39 bits per heavy atom. The molecule has 0 aromatic rings. The standard InChI is InChI=1S/C19H34Br2O2/c1-4-5-6-7-11-14-17(20)18(21)15-12-9-8-10-13-16(2)19(22)23-3/h17-18H,2,4-15H2,1,3H3. The second-order valence-corrected chi connectivity index (χ2v) is 8.64. The molecule has 0 aromatic carbocycles. The molecular weight excluding hydrogens is 420 g/mol. The molecule has 0 radical (unpaired) electrons. The molecule has 0 amide bonds. The maximum Gasteiger partial charge on any atom is 0.333 e. The summed E-state index contributed by atoms with van der Waals surface area (Å²) in [7, 11) is 1.41. The number of hydrogen-bond donors (Lipinski definition) is 0. The average Bonchev–Trinajstić information content (AvgIpc) is 2.56. The van der Waals surface area contributed by atoms with Crippen LogP contribution in [0.5, 0.6) is 0 Å². The van der Waals surface area contributed by atoms with Gasteiger partial charge < -0.3 is 4.74 Å². The molecule has 0 saturated carbocycles. The highest BCUT2D eigenvalue weighted by molar-refractivity contribution is 9.12. The van der Waals surface area contributed by atoms with Crippen molar-refractivity contribution in [3.8, 4) is 0 Å². The van der Waals surface area contributed by atoms with Gasteiger partial charge in [0, 0.05) is 15.2 Å². The largest absolute Gasteiger partial charge is 0.466 e. The predicted octanol–water partition coefficient (Wildman–Crippen LogP) is 6.94. The van der Waals surface area contributed by atoms with Gasteiger partial charge in [0.2, 0.25) is 0 Å². The Kier molecular flexibility index (Phi) is 15.8. The van der Waals surface area contributed by atoms with Crippen LogP contribution in [0.1, 0.15) is 84.0 Å². The van der Waals surface area contributed by atoms with E-state index in [1.807, 2.05) is 0 Å². The van der Waals surface area contributed by atoms with Crippen molar-refractivity contribution < 1.29 is 9.53 Å². The lowest BCUT2D eigenvalue weighted by atomic mass is 10.0. The summed E-state index contributed by atoms with van der Waals surface area (Å²) in [5, 5.41) is 0. The first-order valence-electron chi connectivity index (χ1n) is 9.07. The molecule has 0 heterocycles. The van der Waals surface area contributed by atoms with Gasteiger partial charge in [-0.3, -0.25) is 0 Å². The fourth-order valence-corrected chi connectivity index (χ4v) is 3.76. The summed E-state index contributed by atoms with van der Waals surface area (Å²) in [6.45, 7) is 6.01. The Morgan fingerprint density at radius 1 is 0.913 bits per heavy atom.